The van der Waals surface area contributed by atoms with Crippen molar-refractivity contribution in [1.29, 1.82) is 0 Å². The Bertz CT molecular complexity index is 295. The third kappa shape index (κ3) is 8.49. The molecule has 0 aliphatic carbocycles. The number of hydrogen-bond acceptors (Lipinski definition) is 5. The smallest absolute Gasteiger partial charge is 0.422 e. The summed E-state index contributed by atoms with van der Waals surface area (Å²) in [6.45, 7) is 1.77. The molecule has 0 atom stereocenters. The van der Waals surface area contributed by atoms with Crippen molar-refractivity contribution in [3.05, 3.63) is 0 Å². The summed E-state index contributed by atoms with van der Waals surface area (Å²) in [6, 6.07) is 0. The van der Waals surface area contributed by atoms with Gasteiger partial charge in [-0.25, -0.2) is 0 Å². The van der Waals surface area contributed by atoms with E-state index in [1.807, 2.05) is 0 Å². The van der Waals surface area contributed by atoms with Crippen LogP contribution in [-0.2, 0) is 23.1 Å². The van der Waals surface area contributed by atoms with Crippen molar-refractivity contribution in [1.82, 2.24) is 0 Å². The summed E-state index contributed by atoms with van der Waals surface area (Å²) in [5.41, 5.74) is 0. The van der Waals surface area contributed by atoms with Gasteiger partial charge < -0.3 is 13.8 Å². The van der Waals surface area contributed by atoms with E-state index in [1.54, 1.807) is 13.8 Å². The molecule has 0 amide bonds. The zero-order valence-electron chi connectivity index (χ0n) is 10.2. The Balaban J connectivity index is 4.12. The Kier molecular flexibility index (Phi) is 7.51. The maximum atomic E-state index is 11.8. The van der Waals surface area contributed by atoms with Crippen LogP contribution < -0.4 is 0 Å². The quantitative estimate of drug-likeness (QED) is 0.508. The van der Waals surface area contributed by atoms with Gasteiger partial charge in [0.1, 0.15) is 0 Å². The molecule has 0 saturated carbocycles. The molecule has 0 bridgehead atoms. The number of carbonyl (C=O) groups excluding carboxylic acids is 1. The molecule has 0 aliphatic rings. The number of halogens is 3. The van der Waals surface area contributed by atoms with Crippen molar-refractivity contribution < 1.29 is 36.3 Å². The SMILES string of the molecule is CCOP(=O)(CCC(=O)OCC(F)(F)F)OCC. The summed E-state index contributed by atoms with van der Waals surface area (Å²) in [5.74, 6) is -1.09. The normalized spacial score (nSPS) is 12.5. The van der Waals surface area contributed by atoms with Crippen LogP contribution in [0.5, 0.6) is 0 Å². The number of rotatable bonds is 8. The summed E-state index contributed by atoms with van der Waals surface area (Å²) in [7, 11) is -3.42. The van der Waals surface area contributed by atoms with E-state index in [9.17, 15) is 22.5 Å². The second kappa shape index (κ2) is 7.76. The van der Waals surface area contributed by atoms with Crippen molar-refractivity contribution in [3.8, 4) is 0 Å². The standard InChI is InChI=1S/C9H16F3O5P/c1-3-16-18(14,17-4-2)6-5-8(13)15-7-9(10,11)12/h3-7H2,1-2H3. The second-order valence-electron chi connectivity index (χ2n) is 3.20. The predicted octanol–water partition coefficient (Wildman–Crippen LogP) is 2.75. The van der Waals surface area contributed by atoms with Crippen LogP contribution in [0, 0.1) is 0 Å². The van der Waals surface area contributed by atoms with E-state index in [4.69, 9.17) is 9.05 Å². The molecule has 0 spiro atoms. The van der Waals surface area contributed by atoms with Crippen LogP contribution in [0.15, 0.2) is 0 Å². The molecule has 0 aromatic carbocycles. The molecule has 18 heavy (non-hydrogen) atoms. The average Bonchev–Trinajstić information content (AvgIpc) is 2.23. The fraction of sp³-hybridized carbons (Fsp3) is 0.889. The van der Waals surface area contributed by atoms with Crippen LogP contribution in [0.25, 0.3) is 0 Å². The number of hydrogen-bond donors (Lipinski definition) is 0. The molecule has 0 aromatic rings. The zero-order chi connectivity index (χ0) is 14.2. The van der Waals surface area contributed by atoms with Crippen molar-refractivity contribution in [2.75, 3.05) is 26.0 Å². The van der Waals surface area contributed by atoms with E-state index in [0.29, 0.717) is 0 Å². The second-order valence-corrected chi connectivity index (χ2v) is 5.38. The monoisotopic (exact) mass is 292 g/mol. The Morgan fingerprint density at radius 3 is 2.06 bits per heavy atom. The highest BCUT2D eigenvalue weighted by Gasteiger charge is 2.30. The van der Waals surface area contributed by atoms with Gasteiger partial charge in [-0.15, -0.1) is 0 Å². The molecule has 0 heterocycles. The molecule has 0 N–H and O–H groups in total. The Hall–Kier alpha value is -0.590. The number of carbonyl (C=O) groups is 1. The minimum Gasteiger partial charge on any atom is -0.456 e. The average molecular weight is 292 g/mol. The molecule has 5 nitrogen and oxygen atoms in total. The van der Waals surface area contributed by atoms with Gasteiger partial charge in [-0.3, -0.25) is 9.36 Å². The van der Waals surface area contributed by atoms with Crippen LogP contribution in [0.3, 0.4) is 0 Å². The highest BCUT2D eigenvalue weighted by atomic mass is 31.2. The lowest BCUT2D eigenvalue weighted by Crippen LogP contribution is -2.20. The van der Waals surface area contributed by atoms with Crippen LogP contribution in [0.2, 0.25) is 0 Å². The van der Waals surface area contributed by atoms with Gasteiger partial charge in [-0.2, -0.15) is 13.2 Å². The van der Waals surface area contributed by atoms with Gasteiger partial charge in [0.25, 0.3) is 0 Å². The highest BCUT2D eigenvalue weighted by Crippen LogP contribution is 2.48. The lowest BCUT2D eigenvalue weighted by atomic mass is 10.5. The van der Waals surface area contributed by atoms with Crippen LogP contribution in [0.4, 0.5) is 13.2 Å². The van der Waals surface area contributed by atoms with E-state index in [0.717, 1.165) is 0 Å². The Labute approximate surface area is 103 Å². The predicted molar refractivity (Wildman–Crippen MR) is 57.4 cm³/mol. The molecular weight excluding hydrogens is 276 g/mol. The fourth-order valence-electron chi connectivity index (χ4n) is 1.02. The van der Waals surface area contributed by atoms with Crippen molar-refractivity contribution in [2.24, 2.45) is 0 Å². The minimum atomic E-state index is -4.57. The van der Waals surface area contributed by atoms with E-state index in [1.165, 1.54) is 0 Å². The summed E-state index contributed by atoms with van der Waals surface area (Å²) in [5, 5.41) is 0. The molecule has 9 heteroatoms. The maximum Gasteiger partial charge on any atom is 0.422 e. The van der Waals surface area contributed by atoms with Gasteiger partial charge in [0.15, 0.2) is 6.61 Å². The van der Waals surface area contributed by atoms with Crippen LogP contribution in [0.1, 0.15) is 20.3 Å². The molecule has 0 fully saturated rings. The summed E-state index contributed by atoms with van der Waals surface area (Å²) in [4.78, 5) is 11.0. The van der Waals surface area contributed by atoms with Crippen molar-refractivity contribution in [2.45, 2.75) is 26.4 Å². The lowest BCUT2D eigenvalue weighted by Gasteiger charge is -2.16. The van der Waals surface area contributed by atoms with E-state index >= 15 is 0 Å². The van der Waals surface area contributed by atoms with E-state index in [2.05, 4.69) is 4.74 Å². The Morgan fingerprint density at radius 1 is 1.17 bits per heavy atom. The molecule has 0 rings (SSSR count). The van der Waals surface area contributed by atoms with Gasteiger partial charge in [0.05, 0.1) is 25.8 Å². The van der Waals surface area contributed by atoms with Crippen molar-refractivity contribution >= 4 is 13.6 Å². The van der Waals surface area contributed by atoms with Gasteiger partial charge in [-0.05, 0) is 13.8 Å². The minimum absolute atomic E-state index is 0.120. The molecule has 0 radical (unpaired) electrons. The van der Waals surface area contributed by atoms with Crippen molar-refractivity contribution in [3.63, 3.8) is 0 Å². The molecule has 0 saturated heterocycles. The zero-order valence-corrected chi connectivity index (χ0v) is 11.1. The first-order valence-electron chi connectivity index (χ1n) is 5.33. The summed E-state index contributed by atoms with van der Waals surface area (Å²) < 4.78 is 60.8. The first-order chi connectivity index (χ1) is 8.22. The molecule has 108 valence electrons. The maximum absolute atomic E-state index is 11.8. The van der Waals surface area contributed by atoms with Gasteiger partial charge >= 0.3 is 19.7 Å². The van der Waals surface area contributed by atoms with Gasteiger partial charge in [0, 0.05) is 0 Å². The highest BCUT2D eigenvalue weighted by molar-refractivity contribution is 7.53. The van der Waals surface area contributed by atoms with Gasteiger partial charge in [0.2, 0.25) is 0 Å². The molecule has 0 unspecified atom stereocenters. The summed E-state index contributed by atoms with van der Waals surface area (Å²) in [6.07, 6.45) is -5.32. The number of alkyl halides is 3. The third-order valence-corrected chi connectivity index (χ3v) is 3.71. The first kappa shape index (κ1) is 17.4. The largest absolute Gasteiger partial charge is 0.456 e. The molecular formula is C9H16F3O5P. The summed E-state index contributed by atoms with van der Waals surface area (Å²) >= 11 is 0. The van der Waals surface area contributed by atoms with Crippen LogP contribution in [-0.4, -0.2) is 38.1 Å². The number of ether oxygens (including phenoxy) is 1. The third-order valence-electron chi connectivity index (χ3n) is 1.64. The molecule has 0 aliphatic heterocycles. The van der Waals surface area contributed by atoms with Crippen LogP contribution >= 0.6 is 7.60 Å². The van der Waals surface area contributed by atoms with Gasteiger partial charge in [-0.1, -0.05) is 0 Å². The first-order valence-corrected chi connectivity index (χ1v) is 7.05. The van der Waals surface area contributed by atoms with E-state index < -0.39 is 32.8 Å². The lowest BCUT2D eigenvalue weighted by molar-refractivity contribution is -0.186. The molecule has 0 aromatic heterocycles. The van der Waals surface area contributed by atoms with E-state index in [-0.39, 0.29) is 19.4 Å². The topological polar surface area (TPSA) is 61.8 Å². The fourth-order valence-corrected chi connectivity index (χ4v) is 2.60. The number of esters is 1. The Morgan fingerprint density at radius 2 is 1.67 bits per heavy atom.